The quantitative estimate of drug-likeness (QED) is 0.270. The third-order valence-electron chi connectivity index (χ3n) is 3.56. The summed E-state index contributed by atoms with van der Waals surface area (Å²) in [7, 11) is 0. The molecule has 0 aromatic heterocycles. The molecule has 0 fully saturated rings. The SMILES string of the molecule is CC(=O)/C(C(=O)OB(c1ccccc1)c1ccccc1)=C(\N)C(Cl)(Cl)Cl. The number of Topliss-reactive ketones (excluding diaryl/α,β-unsaturated/α-hetero) is 1. The standard InChI is InChI=1S/C18H15BCl3NO3/c1-12(24)15(16(23)18(20,21)22)17(25)26-19(13-8-4-2-5-9-13)14-10-6-3-7-11-14/h2-11H,23H2,1H3/b16-15+. The van der Waals surface area contributed by atoms with Crippen molar-refractivity contribution in [2.24, 2.45) is 5.73 Å². The average molecular weight is 410 g/mol. The summed E-state index contributed by atoms with van der Waals surface area (Å²) in [5.74, 6) is -1.61. The van der Waals surface area contributed by atoms with E-state index in [0.717, 1.165) is 17.8 Å². The number of nitrogens with two attached hydrogens (primary N) is 1. The van der Waals surface area contributed by atoms with E-state index < -0.39 is 33.7 Å². The van der Waals surface area contributed by atoms with Gasteiger partial charge in [0.15, 0.2) is 5.78 Å². The molecule has 4 nitrogen and oxygen atoms in total. The average Bonchev–Trinajstić information content (AvgIpc) is 2.60. The molecule has 2 N–H and O–H groups in total. The van der Waals surface area contributed by atoms with Crippen molar-refractivity contribution < 1.29 is 14.2 Å². The maximum atomic E-state index is 12.7. The highest BCUT2D eigenvalue weighted by molar-refractivity contribution is 6.81. The second kappa shape index (κ2) is 8.63. The van der Waals surface area contributed by atoms with Gasteiger partial charge in [-0.1, -0.05) is 95.5 Å². The summed E-state index contributed by atoms with van der Waals surface area (Å²) in [6.45, 7) is 0.405. The number of hydrogen-bond acceptors (Lipinski definition) is 4. The van der Waals surface area contributed by atoms with Crippen LogP contribution in [0.4, 0.5) is 0 Å². The molecule has 0 aliphatic rings. The third kappa shape index (κ3) is 5.04. The van der Waals surface area contributed by atoms with E-state index in [4.69, 9.17) is 45.2 Å². The molecule has 0 radical (unpaired) electrons. The monoisotopic (exact) mass is 409 g/mol. The first-order valence-electron chi connectivity index (χ1n) is 7.60. The second-order valence-corrected chi connectivity index (χ2v) is 7.73. The van der Waals surface area contributed by atoms with E-state index in [1.54, 1.807) is 24.3 Å². The number of ketones is 1. The van der Waals surface area contributed by atoms with Crippen LogP contribution in [0.15, 0.2) is 71.9 Å². The van der Waals surface area contributed by atoms with E-state index >= 15 is 0 Å². The van der Waals surface area contributed by atoms with Gasteiger partial charge in [-0.25, -0.2) is 4.79 Å². The summed E-state index contributed by atoms with van der Waals surface area (Å²) in [5, 5.41) is 0. The minimum atomic E-state index is -2.10. The fourth-order valence-electron chi connectivity index (χ4n) is 2.34. The fraction of sp³-hybridized carbons (Fsp3) is 0.111. The van der Waals surface area contributed by atoms with Crippen LogP contribution in [0.2, 0.25) is 0 Å². The number of benzene rings is 2. The van der Waals surface area contributed by atoms with Gasteiger partial charge >= 0.3 is 12.9 Å². The lowest BCUT2D eigenvalue weighted by Crippen LogP contribution is -2.47. The molecular weight excluding hydrogens is 395 g/mol. The summed E-state index contributed by atoms with van der Waals surface area (Å²) in [5.41, 5.74) is 6.20. The Morgan fingerprint density at radius 1 is 0.923 bits per heavy atom. The molecule has 0 aliphatic heterocycles. The Kier molecular flexibility index (Phi) is 6.76. The fourth-order valence-corrected chi connectivity index (χ4v) is 2.62. The topological polar surface area (TPSA) is 69.4 Å². The zero-order valence-electron chi connectivity index (χ0n) is 13.8. The van der Waals surface area contributed by atoms with Crippen molar-refractivity contribution in [2.45, 2.75) is 10.7 Å². The lowest BCUT2D eigenvalue weighted by Gasteiger charge is -2.19. The van der Waals surface area contributed by atoms with E-state index in [0.29, 0.717) is 0 Å². The molecule has 0 atom stereocenters. The van der Waals surface area contributed by atoms with E-state index in [2.05, 4.69) is 0 Å². The highest BCUT2D eigenvalue weighted by Crippen LogP contribution is 2.33. The summed E-state index contributed by atoms with van der Waals surface area (Å²) < 4.78 is 3.49. The second-order valence-electron chi connectivity index (χ2n) is 5.45. The Labute approximate surface area is 167 Å². The molecule has 2 aromatic carbocycles. The largest absolute Gasteiger partial charge is 0.522 e. The van der Waals surface area contributed by atoms with Crippen molar-refractivity contribution in [3.8, 4) is 0 Å². The van der Waals surface area contributed by atoms with Crippen molar-refractivity contribution in [3.05, 3.63) is 71.9 Å². The lowest BCUT2D eigenvalue weighted by molar-refractivity contribution is -0.132. The molecule has 0 saturated heterocycles. The van der Waals surface area contributed by atoms with Crippen molar-refractivity contribution in [2.75, 3.05) is 0 Å². The molecule has 0 spiro atoms. The maximum Gasteiger partial charge on any atom is 0.429 e. The van der Waals surface area contributed by atoms with Gasteiger partial charge < -0.3 is 10.4 Å². The van der Waals surface area contributed by atoms with Crippen LogP contribution < -0.4 is 16.7 Å². The minimum Gasteiger partial charge on any atom is -0.522 e. The molecule has 2 aromatic rings. The first kappa shape index (κ1) is 20.4. The van der Waals surface area contributed by atoms with Gasteiger partial charge in [-0.15, -0.1) is 0 Å². The summed E-state index contributed by atoms with van der Waals surface area (Å²) in [4.78, 5) is 24.6. The number of allylic oxidation sites excluding steroid dienone is 1. The third-order valence-corrected chi connectivity index (χ3v) is 4.17. The maximum absolute atomic E-state index is 12.7. The number of halogens is 3. The Morgan fingerprint density at radius 2 is 1.35 bits per heavy atom. The van der Waals surface area contributed by atoms with E-state index in [9.17, 15) is 9.59 Å². The smallest absolute Gasteiger partial charge is 0.429 e. The van der Waals surface area contributed by atoms with Crippen LogP contribution in [0.5, 0.6) is 0 Å². The van der Waals surface area contributed by atoms with Gasteiger partial charge in [-0.2, -0.15) is 0 Å². The van der Waals surface area contributed by atoms with Crippen LogP contribution >= 0.6 is 34.8 Å². The van der Waals surface area contributed by atoms with Gasteiger partial charge in [0.05, 0.1) is 5.70 Å². The Morgan fingerprint density at radius 3 is 1.69 bits per heavy atom. The lowest BCUT2D eigenvalue weighted by atomic mass is 9.55. The van der Waals surface area contributed by atoms with Crippen LogP contribution in [-0.2, 0) is 14.2 Å². The van der Waals surface area contributed by atoms with Gasteiger partial charge in [0.2, 0.25) is 3.79 Å². The van der Waals surface area contributed by atoms with E-state index in [-0.39, 0.29) is 0 Å². The summed E-state index contributed by atoms with van der Waals surface area (Å²) >= 11 is 17.2. The van der Waals surface area contributed by atoms with Crippen LogP contribution in [0.1, 0.15) is 6.92 Å². The predicted molar refractivity (Wildman–Crippen MR) is 106 cm³/mol. The molecule has 8 heteroatoms. The van der Waals surface area contributed by atoms with Crippen LogP contribution in [0.25, 0.3) is 0 Å². The minimum absolute atomic E-state index is 0.472. The Bertz CT molecular complexity index is 781. The number of carbonyl (C=O) groups is 2. The van der Waals surface area contributed by atoms with Crippen molar-refractivity contribution in [1.29, 1.82) is 0 Å². The molecule has 0 heterocycles. The molecule has 0 unspecified atom stereocenters. The first-order chi connectivity index (χ1) is 12.2. The van der Waals surface area contributed by atoms with Gasteiger partial charge in [-0.05, 0) is 17.8 Å². The summed E-state index contributed by atoms with van der Waals surface area (Å²) in [6, 6.07) is 18.2. The first-order valence-corrected chi connectivity index (χ1v) is 8.74. The normalized spacial score (nSPS) is 12.2. The molecule has 134 valence electrons. The molecule has 0 saturated carbocycles. The molecule has 26 heavy (non-hydrogen) atoms. The van der Waals surface area contributed by atoms with Crippen molar-refractivity contribution in [1.82, 2.24) is 0 Å². The molecular formula is C18H15BCl3NO3. The Balaban J connectivity index is 2.45. The van der Waals surface area contributed by atoms with Gasteiger partial charge in [0, 0.05) is 0 Å². The number of rotatable bonds is 5. The molecule has 0 bridgehead atoms. The zero-order chi connectivity index (χ0) is 19.3. The van der Waals surface area contributed by atoms with E-state index in [1.807, 2.05) is 36.4 Å². The molecule has 0 amide bonds. The predicted octanol–water partition coefficient (Wildman–Crippen LogP) is 2.51. The number of carbonyl (C=O) groups excluding carboxylic acids is 2. The van der Waals surface area contributed by atoms with Crippen molar-refractivity contribution >= 4 is 64.4 Å². The zero-order valence-corrected chi connectivity index (χ0v) is 16.1. The van der Waals surface area contributed by atoms with Gasteiger partial charge in [0.25, 0.3) is 0 Å². The Hall–Kier alpha value is -1.95. The summed E-state index contributed by atoms with van der Waals surface area (Å²) in [6.07, 6.45) is 0. The highest BCUT2D eigenvalue weighted by atomic mass is 35.6. The van der Waals surface area contributed by atoms with Crippen LogP contribution in [0, 0.1) is 0 Å². The number of alkyl halides is 3. The van der Waals surface area contributed by atoms with Crippen molar-refractivity contribution in [3.63, 3.8) is 0 Å². The van der Waals surface area contributed by atoms with Crippen LogP contribution in [0.3, 0.4) is 0 Å². The molecule has 0 aliphatic carbocycles. The van der Waals surface area contributed by atoms with Crippen LogP contribution in [-0.4, -0.2) is 22.5 Å². The van der Waals surface area contributed by atoms with Gasteiger partial charge in [-0.3, -0.25) is 4.79 Å². The van der Waals surface area contributed by atoms with Gasteiger partial charge in [0.1, 0.15) is 5.57 Å². The number of hydrogen-bond donors (Lipinski definition) is 1. The van der Waals surface area contributed by atoms with E-state index in [1.165, 1.54) is 0 Å². The molecule has 2 rings (SSSR count). The highest BCUT2D eigenvalue weighted by Gasteiger charge is 2.35.